The van der Waals surface area contributed by atoms with E-state index in [1.807, 2.05) is 0 Å². The van der Waals surface area contributed by atoms with Crippen molar-refractivity contribution in [3.8, 4) is 0 Å². The van der Waals surface area contributed by atoms with E-state index in [0.717, 1.165) is 0 Å². The van der Waals surface area contributed by atoms with Crippen LogP contribution in [0.15, 0.2) is 40.3 Å². The Bertz CT molecular complexity index is 782. The fraction of sp³-hybridized carbons (Fsp3) is 0.429. The Labute approximate surface area is 134 Å². The standard InChI is InChI=1S/C14H18N4O4S/c1-16-10-13(9-15-16)23(20,21)18-5-2-4-17(6-7-18)14(19)12-3-8-22-11-12/h3,8-11H,2,4-7H2,1H3. The lowest BCUT2D eigenvalue weighted by Crippen LogP contribution is -2.37. The smallest absolute Gasteiger partial charge is 0.257 e. The number of nitrogens with zero attached hydrogens (tertiary/aromatic N) is 4. The van der Waals surface area contributed by atoms with E-state index in [9.17, 15) is 13.2 Å². The SMILES string of the molecule is Cn1cc(S(=O)(=O)N2CCCN(C(=O)c3ccoc3)CC2)cn1. The fourth-order valence-electron chi connectivity index (χ4n) is 2.59. The zero-order valence-electron chi connectivity index (χ0n) is 12.8. The molecule has 8 nitrogen and oxygen atoms in total. The third kappa shape index (κ3) is 3.15. The Morgan fingerprint density at radius 1 is 1.26 bits per heavy atom. The van der Waals surface area contributed by atoms with Crippen molar-refractivity contribution < 1.29 is 17.6 Å². The molecule has 0 saturated carbocycles. The van der Waals surface area contributed by atoms with Crippen LogP contribution < -0.4 is 0 Å². The van der Waals surface area contributed by atoms with Gasteiger partial charge in [0.15, 0.2) is 0 Å². The highest BCUT2D eigenvalue weighted by atomic mass is 32.2. The largest absolute Gasteiger partial charge is 0.472 e. The number of carbonyl (C=O) groups excluding carboxylic acids is 1. The van der Waals surface area contributed by atoms with Crippen LogP contribution in [0.2, 0.25) is 0 Å². The molecule has 2 aromatic rings. The van der Waals surface area contributed by atoms with Crippen LogP contribution in [0.4, 0.5) is 0 Å². The van der Waals surface area contributed by atoms with Gasteiger partial charge in [-0.2, -0.15) is 9.40 Å². The van der Waals surface area contributed by atoms with E-state index in [-0.39, 0.29) is 17.3 Å². The van der Waals surface area contributed by atoms with Crippen molar-refractivity contribution in [2.24, 2.45) is 7.05 Å². The summed E-state index contributed by atoms with van der Waals surface area (Å²) in [5.41, 5.74) is 0.480. The Kier molecular flexibility index (Phi) is 4.22. The Hall–Kier alpha value is -2.13. The molecule has 1 amide bonds. The molecule has 9 heteroatoms. The first-order valence-corrected chi connectivity index (χ1v) is 8.73. The van der Waals surface area contributed by atoms with Crippen LogP contribution in [-0.4, -0.2) is 59.5 Å². The van der Waals surface area contributed by atoms with Gasteiger partial charge in [0.1, 0.15) is 11.2 Å². The van der Waals surface area contributed by atoms with Crippen molar-refractivity contribution >= 4 is 15.9 Å². The van der Waals surface area contributed by atoms with Crippen LogP contribution in [0.1, 0.15) is 16.8 Å². The Morgan fingerprint density at radius 3 is 2.74 bits per heavy atom. The summed E-state index contributed by atoms with van der Waals surface area (Å²) in [6.45, 7) is 1.51. The van der Waals surface area contributed by atoms with Crippen molar-refractivity contribution in [1.29, 1.82) is 0 Å². The van der Waals surface area contributed by atoms with Gasteiger partial charge in [-0.3, -0.25) is 9.48 Å². The van der Waals surface area contributed by atoms with Crippen molar-refractivity contribution in [1.82, 2.24) is 19.0 Å². The van der Waals surface area contributed by atoms with E-state index < -0.39 is 10.0 Å². The van der Waals surface area contributed by atoms with Gasteiger partial charge in [0.05, 0.1) is 18.0 Å². The minimum Gasteiger partial charge on any atom is -0.472 e. The summed E-state index contributed by atoms with van der Waals surface area (Å²) in [6, 6.07) is 1.61. The molecule has 1 aliphatic heterocycles. The summed E-state index contributed by atoms with van der Waals surface area (Å²) in [5.74, 6) is -0.139. The van der Waals surface area contributed by atoms with Gasteiger partial charge in [0.25, 0.3) is 5.91 Å². The summed E-state index contributed by atoms with van der Waals surface area (Å²) in [6.07, 6.45) is 6.26. The average molecular weight is 338 g/mol. The highest BCUT2D eigenvalue weighted by Gasteiger charge is 2.29. The zero-order chi connectivity index (χ0) is 16.4. The maximum Gasteiger partial charge on any atom is 0.257 e. The molecule has 1 saturated heterocycles. The summed E-state index contributed by atoms with van der Waals surface area (Å²) in [4.78, 5) is 14.2. The van der Waals surface area contributed by atoms with Gasteiger partial charge in [-0.1, -0.05) is 0 Å². The molecular weight excluding hydrogens is 320 g/mol. The Morgan fingerprint density at radius 2 is 2.09 bits per heavy atom. The van der Waals surface area contributed by atoms with Crippen molar-refractivity contribution in [3.05, 3.63) is 36.5 Å². The van der Waals surface area contributed by atoms with Gasteiger partial charge in [-0.25, -0.2) is 8.42 Å². The summed E-state index contributed by atoms with van der Waals surface area (Å²) < 4.78 is 33.0. The average Bonchev–Trinajstić information content (AvgIpc) is 3.13. The number of amides is 1. The molecule has 124 valence electrons. The van der Waals surface area contributed by atoms with Crippen LogP contribution in [0.5, 0.6) is 0 Å². The molecule has 0 spiro atoms. The van der Waals surface area contributed by atoms with Crippen molar-refractivity contribution in [2.75, 3.05) is 26.2 Å². The lowest BCUT2D eigenvalue weighted by molar-refractivity contribution is 0.0763. The summed E-state index contributed by atoms with van der Waals surface area (Å²) in [7, 11) is -1.90. The topological polar surface area (TPSA) is 88.7 Å². The van der Waals surface area contributed by atoms with Crippen LogP contribution in [0.3, 0.4) is 0 Å². The van der Waals surface area contributed by atoms with Gasteiger partial charge < -0.3 is 9.32 Å². The highest BCUT2D eigenvalue weighted by molar-refractivity contribution is 7.89. The second kappa shape index (κ2) is 6.17. The van der Waals surface area contributed by atoms with Gasteiger partial charge in [0, 0.05) is 39.4 Å². The minimum absolute atomic E-state index is 0.139. The summed E-state index contributed by atoms with van der Waals surface area (Å²) >= 11 is 0. The van der Waals surface area contributed by atoms with Crippen molar-refractivity contribution in [2.45, 2.75) is 11.3 Å². The molecule has 3 rings (SSSR count). The van der Waals surface area contributed by atoms with E-state index in [0.29, 0.717) is 31.6 Å². The number of rotatable bonds is 3. The number of aromatic nitrogens is 2. The molecule has 3 heterocycles. The predicted octanol–water partition coefficient (Wildman–Crippen LogP) is 0.550. The highest BCUT2D eigenvalue weighted by Crippen LogP contribution is 2.18. The van der Waals surface area contributed by atoms with E-state index >= 15 is 0 Å². The van der Waals surface area contributed by atoms with E-state index in [1.165, 1.54) is 33.9 Å². The number of furan rings is 1. The Balaban J connectivity index is 1.72. The second-order valence-corrected chi connectivity index (χ2v) is 7.35. The lowest BCUT2D eigenvalue weighted by Gasteiger charge is -2.21. The summed E-state index contributed by atoms with van der Waals surface area (Å²) in [5, 5.41) is 3.91. The van der Waals surface area contributed by atoms with Gasteiger partial charge >= 0.3 is 0 Å². The molecule has 1 aliphatic rings. The molecular formula is C14H18N4O4S. The first-order chi connectivity index (χ1) is 11.0. The molecule has 23 heavy (non-hydrogen) atoms. The molecule has 0 bridgehead atoms. The number of aryl methyl sites for hydroxylation is 1. The quantitative estimate of drug-likeness (QED) is 0.815. The van der Waals surface area contributed by atoms with Gasteiger partial charge in [0.2, 0.25) is 10.0 Å². The molecule has 0 atom stereocenters. The van der Waals surface area contributed by atoms with Crippen LogP contribution in [-0.2, 0) is 17.1 Å². The van der Waals surface area contributed by atoms with Gasteiger partial charge in [-0.05, 0) is 12.5 Å². The maximum absolute atomic E-state index is 12.6. The van der Waals surface area contributed by atoms with Crippen molar-refractivity contribution in [3.63, 3.8) is 0 Å². The first-order valence-electron chi connectivity index (χ1n) is 7.29. The maximum atomic E-state index is 12.6. The number of hydrogen-bond acceptors (Lipinski definition) is 5. The van der Waals surface area contributed by atoms with Crippen LogP contribution in [0, 0.1) is 0 Å². The number of hydrogen-bond donors (Lipinski definition) is 0. The third-order valence-electron chi connectivity index (χ3n) is 3.83. The molecule has 0 aliphatic carbocycles. The third-order valence-corrected chi connectivity index (χ3v) is 5.68. The monoisotopic (exact) mass is 338 g/mol. The predicted molar refractivity (Wildman–Crippen MR) is 81.2 cm³/mol. The van der Waals surface area contributed by atoms with E-state index in [1.54, 1.807) is 18.0 Å². The number of carbonyl (C=O) groups is 1. The molecule has 0 aromatic carbocycles. The molecule has 0 unspecified atom stereocenters. The fourth-order valence-corrected chi connectivity index (χ4v) is 4.04. The number of sulfonamides is 1. The normalized spacial score (nSPS) is 17.2. The van der Waals surface area contributed by atoms with Crippen LogP contribution in [0.25, 0.3) is 0 Å². The van der Waals surface area contributed by atoms with Gasteiger partial charge in [-0.15, -0.1) is 0 Å². The van der Waals surface area contributed by atoms with Crippen LogP contribution >= 0.6 is 0 Å². The molecule has 1 fully saturated rings. The minimum atomic E-state index is -3.57. The second-order valence-electron chi connectivity index (χ2n) is 5.41. The molecule has 0 N–H and O–H groups in total. The first kappa shape index (κ1) is 15.8. The zero-order valence-corrected chi connectivity index (χ0v) is 13.6. The lowest BCUT2D eigenvalue weighted by atomic mass is 10.3. The molecule has 0 radical (unpaired) electrons. The van der Waals surface area contributed by atoms with E-state index in [4.69, 9.17) is 4.42 Å². The van der Waals surface area contributed by atoms with E-state index in [2.05, 4.69) is 5.10 Å². The molecule has 2 aromatic heterocycles.